The number of hydrogen-bond donors (Lipinski definition) is 1. The third-order valence-corrected chi connectivity index (χ3v) is 3.35. The summed E-state index contributed by atoms with van der Waals surface area (Å²) in [6, 6.07) is 12.7. The molecule has 0 saturated heterocycles. The number of benzene rings is 2. The van der Waals surface area contributed by atoms with E-state index < -0.39 is 5.82 Å². The molecule has 0 heterocycles. The first-order valence-electron chi connectivity index (χ1n) is 7.39. The number of nitrogens with zero attached hydrogens (tertiary/aromatic N) is 1. The van der Waals surface area contributed by atoms with Crippen LogP contribution in [0.5, 0.6) is 0 Å². The second-order valence-electron chi connectivity index (χ2n) is 5.42. The van der Waals surface area contributed by atoms with E-state index in [1.54, 1.807) is 25.2 Å². The molecule has 0 atom stereocenters. The molecule has 1 N–H and O–H groups in total. The van der Waals surface area contributed by atoms with E-state index in [2.05, 4.69) is 10.1 Å². The lowest BCUT2D eigenvalue weighted by atomic mass is 10.1. The number of halogens is 1. The summed E-state index contributed by atoms with van der Waals surface area (Å²) in [5.74, 6) is -1.01. The van der Waals surface area contributed by atoms with Gasteiger partial charge in [-0.25, -0.2) is 9.18 Å². The van der Waals surface area contributed by atoms with E-state index in [4.69, 9.17) is 0 Å². The van der Waals surface area contributed by atoms with Crippen LogP contribution in [0.1, 0.15) is 15.9 Å². The highest BCUT2D eigenvalue weighted by Crippen LogP contribution is 2.10. The Bertz CT molecular complexity index is 716. The number of ether oxygens (including phenoxy) is 1. The largest absolute Gasteiger partial charge is 0.465 e. The Morgan fingerprint density at radius 2 is 1.88 bits per heavy atom. The minimum absolute atomic E-state index is 0.162. The molecule has 1 amide bonds. The molecule has 5 nitrogen and oxygen atoms in total. The van der Waals surface area contributed by atoms with Gasteiger partial charge in [-0.2, -0.15) is 0 Å². The Kier molecular flexibility index (Phi) is 6.03. The first kappa shape index (κ1) is 17.6. The summed E-state index contributed by atoms with van der Waals surface area (Å²) in [4.78, 5) is 25.2. The van der Waals surface area contributed by atoms with E-state index in [1.807, 2.05) is 17.0 Å². The van der Waals surface area contributed by atoms with Gasteiger partial charge in [-0.15, -0.1) is 0 Å². The standard InChI is InChI=1S/C18H19FN2O3/c1-21(11-13-6-8-14(9-7-13)18(23)24-2)12-17(22)20-16-5-3-4-15(19)10-16/h3-10H,11-12H2,1-2H3,(H,20,22). The number of methoxy groups -OCH3 is 1. The maximum absolute atomic E-state index is 13.1. The lowest BCUT2D eigenvalue weighted by Gasteiger charge is -2.16. The van der Waals surface area contributed by atoms with E-state index in [0.717, 1.165) is 5.56 Å². The molecule has 24 heavy (non-hydrogen) atoms. The van der Waals surface area contributed by atoms with Crippen molar-refractivity contribution in [2.24, 2.45) is 0 Å². The molecular weight excluding hydrogens is 311 g/mol. The molecule has 2 aromatic carbocycles. The molecule has 0 bridgehead atoms. The van der Waals surface area contributed by atoms with E-state index in [9.17, 15) is 14.0 Å². The summed E-state index contributed by atoms with van der Waals surface area (Å²) in [5, 5.41) is 2.65. The van der Waals surface area contributed by atoms with Crippen LogP contribution in [0.2, 0.25) is 0 Å². The van der Waals surface area contributed by atoms with Gasteiger partial charge >= 0.3 is 5.97 Å². The highest BCUT2D eigenvalue weighted by molar-refractivity contribution is 5.92. The maximum Gasteiger partial charge on any atom is 0.337 e. The predicted molar refractivity (Wildman–Crippen MR) is 89.1 cm³/mol. The van der Waals surface area contributed by atoms with Crippen LogP contribution in [0.4, 0.5) is 10.1 Å². The van der Waals surface area contributed by atoms with Crippen molar-refractivity contribution in [2.75, 3.05) is 26.0 Å². The number of carbonyl (C=O) groups excluding carboxylic acids is 2. The number of likely N-dealkylation sites (N-methyl/N-ethyl adjacent to an activating group) is 1. The molecule has 0 aliphatic heterocycles. The third-order valence-electron chi connectivity index (χ3n) is 3.35. The van der Waals surface area contributed by atoms with Crippen molar-refractivity contribution in [3.8, 4) is 0 Å². The zero-order valence-corrected chi connectivity index (χ0v) is 13.6. The number of esters is 1. The lowest BCUT2D eigenvalue weighted by molar-refractivity contribution is -0.117. The second-order valence-corrected chi connectivity index (χ2v) is 5.42. The van der Waals surface area contributed by atoms with Crippen molar-refractivity contribution in [3.63, 3.8) is 0 Å². The van der Waals surface area contributed by atoms with Gasteiger partial charge in [-0.05, 0) is 42.9 Å². The average Bonchev–Trinajstić information content (AvgIpc) is 2.54. The molecule has 0 unspecified atom stereocenters. The van der Waals surface area contributed by atoms with Crippen LogP contribution >= 0.6 is 0 Å². The Balaban J connectivity index is 1.87. The van der Waals surface area contributed by atoms with E-state index >= 15 is 0 Å². The van der Waals surface area contributed by atoms with Gasteiger partial charge in [0, 0.05) is 12.2 Å². The molecule has 0 aliphatic rings. The molecule has 0 saturated carbocycles. The first-order valence-corrected chi connectivity index (χ1v) is 7.39. The molecule has 0 fully saturated rings. The van der Waals surface area contributed by atoms with Crippen LogP contribution in [0.15, 0.2) is 48.5 Å². The van der Waals surface area contributed by atoms with Crippen LogP contribution in [0, 0.1) is 5.82 Å². The van der Waals surface area contributed by atoms with Crippen LogP contribution in [0.25, 0.3) is 0 Å². The highest BCUT2D eigenvalue weighted by atomic mass is 19.1. The Morgan fingerprint density at radius 1 is 1.17 bits per heavy atom. The quantitative estimate of drug-likeness (QED) is 0.828. The van der Waals surface area contributed by atoms with Gasteiger partial charge in [-0.1, -0.05) is 18.2 Å². The van der Waals surface area contributed by atoms with Gasteiger partial charge in [0.2, 0.25) is 5.91 Å². The fourth-order valence-corrected chi connectivity index (χ4v) is 2.24. The fourth-order valence-electron chi connectivity index (χ4n) is 2.24. The number of anilines is 1. The second kappa shape index (κ2) is 8.21. The van der Waals surface area contributed by atoms with Crippen LogP contribution < -0.4 is 5.32 Å². The SMILES string of the molecule is COC(=O)c1ccc(CN(C)CC(=O)Nc2cccc(F)c2)cc1. The molecule has 0 aromatic heterocycles. The van der Waals surface area contributed by atoms with Crippen molar-refractivity contribution in [1.29, 1.82) is 0 Å². The van der Waals surface area contributed by atoms with Crippen molar-refractivity contribution in [3.05, 3.63) is 65.5 Å². The van der Waals surface area contributed by atoms with Crippen molar-refractivity contribution in [1.82, 2.24) is 4.90 Å². The predicted octanol–water partition coefficient (Wildman–Crippen LogP) is 2.68. The van der Waals surface area contributed by atoms with Gasteiger partial charge in [0.1, 0.15) is 5.82 Å². The molecule has 0 spiro atoms. The summed E-state index contributed by atoms with van der Waals surface area (Å²) in [6.07, 6.45) is 0. The summed E-state index contributed by atoms with van der Waals surface area (Å²) >= 11 is 0. The molecule has 6 heteroatoms. The minimum Gasteiger partial charge on any atom is -0.465 e. The summed E-state index contributed by atoms with van der Waals surface area (Å²) in [5.41, 5.74) is 1.87. The smallest absolute Gasteiger partial charge is 0.337 e. The fraction of sp³-hybridized carbons (Fsp3) is 0.222. The minimum atomic E-state index is -0.396. The number of amides is 1. The highest BCUT2D eigenvalue weighted by Gasteiger charge is 2.09. The lowest BCUT2D eigenvalue weighted by Crippen LogP contribution is -2.29. The van der Waals surface area contributed by atoms with Crippen molar-refractivity contribution in [2.45, 2.75) is 6.54 Å². The van der Waals surface area contributed by atoms with E-state index in [1.165, 1.54) is 25.3 Å². The van der Waals surface area contributed by atoms with Crippen LogP contribution in [0.3, 0.4) is 0 Å². The Morgan fingerprint density at radius 3 is 2.50 bits per heavy atom. The number of nitrogens with one attached hydrogen (secondary N) is 1. The molecule has 0 radical (unpaired) electrons. The summed E-state index contributed by atoms with van der Waals surface area (Å²) < 4.78 is 17.7. The first-order chi connectivity index (χ1) is 11.5. The third kappa shape index (κ3) is 5.17. The Labute approximate surface area is 140 Å². The number of hydrogen-bond acceptors (Lipinski definition) is 4. The van der Waals surface area contributed by atoms with Gasteiger partial charge in [-0.3, -0.25) is 9.69 Å². The van der Waals surface area contributed by atoms with E-state index in [-0.39, 0.29) is 18.4 Å². The van der Waals surface area contributed by atoms with Crippen LogP contribution in [-0.2, 0) is 16.1 Å². The Hall–Kier alpha value is -2.73. The monoisotopic (exact) mass is 330 g/mol. The van der Waals surface area contributed by atoms with Gasteiger partial charge in [0.25, 0.3) is 0 Å². The van der Waals surface area contributed by atoms with Crippen molar-refractivity contribution >= 4 is 17.6 Å². The maximum atomic E-state index is 13.1. The van der Waals surface area contributed by atoms with Gasteiger partial charge < -0.3 is 10.1 Å². The summed E-state index contributed by atoms with van der Waals surface area (Å²) in [6.45, 7) is 0.702. The van der Waals surface area contributed by atoms with Crippen molar-refractivity contribution < 1.29 is 18.7 Å². The number of rotatable bonds is 6. The molecule has 2 rings (SSSR count). The van der Waals surface area contributed by atoms with E-state index in [0.29, 0.717) is 17.8 Å². The molecular formula is C18H19FN2O3. The zero-order chi connectivity index (χ0) is 17.5. The molecule has 126 valence electrons. The van der Waals surface area contributed by atoms with Gasteiger partial charge in [0.15, 0.2) is 0 Å². The molecule has 0 aliphatic carbocycles. The van der Waals surface area contributed by atoms with Gasteiger partial charge in [0.05, 0.1) is 19.2 Å². The topological polar surface area (TPSA) is 58.6 Å². The van der Waals surface area contributed by atoms with Crippen LogP contribution in [-0.4, -0.2) is 37.5 Å². The zero-order valence-electron chi connectivity index (χ0n) is 13.6. The summed E-state index contributed by atoms with van der Waals surface area (Å²) in [7, 11) is 3.14. The normalized spacial score (nSPS) is 10.5. The number of carbonyl (C=O) groups is 2. The molecule has 2 aromatic rings. The average molecular weight is 330 g/mol.